The van der Waals surface area contributed by atoms with Gasteiger partial charge in [-0.3, -0.25) is 0 Å². The number of ether oxygens (including phenoxy) is 3. The highest BCUT2D eigenvalue weighted by molar-refractivity contribution is 7.99. The van der Waals surface area contributed by atoms with Gasteiger partial charge in [-0.15, -0.1) is 10.2 Å². The second-order valence-electron chi connectivity index (χ2n) is 6.13. The zero-order chi connectivity index (χ0) is 18.5. The number of rotatable bonds is 7. The molecule has 1 unspecified atom stereocenters. The summed E-state index contributed by atoms with van der Waals surface area (Å²) < 4.78 is 19.5. The van der Waals surface area contributed by atoms with Crippen LogP contribution in [0.3, 0.4) is 0 Å². The van der Waals surface area contributed by atoms with Crippen molar-refractivity contribution >= 4 is 11.8 Å². The minimum atomic E-state index is -0.256. The van der Waals surface area contributed by atoms with Crippen LogP contribution >= 0.6 is 11.8 Å². The SMILES string of the molecule is Cn1c(SCCCOc2ccccc2)nnc1C1COc2ccccc2O1. The monoisotopic (exact) mass is 383 g/mol. The van der Waals surface area contributed by atoms with E-state index in [0.717, 1.165) is 40.4 Å². The molecule has 0 radical (unpaired) electrons. The van der Waals surface area contributed by atoms with E-state index in [1.54, 1.807) is 11.8 Å². The number of benzene rings is 2. The smallest absolute Gasteiger partial charge is 0.192 e. The van der Waals surface area contributed by atoms with Gasteiger partial charge in [0.05, 0.1) is 6.61 Å². The highest BCUT2D eigenvalue weighted by Gasteiger charge is 2.27. The van der Waals surface area contributed by atoms with Crippen LogP contribution in [0.5, 0.6) is 17.2 Å². The summed E-state index contributed by atoms with van der Waals surface area (Å²) in [6.45, 7) is 1.11. The van der Waals surface area contributed by atoms with Gasteiger partial charge in [0.25, 0.3) is 0 Å². The Morgan fingerprint density at radius 2 is 1.85 bits per heavy atom. The topological polar surface area (TPSA) is 58.4 Å². The lowest BCUT2D eigenvalue weighted by molar-refractivity contribution is 0.0825. The second kappa shape index (κ2) is 8.35. The van der Waals surface area contributed by atoms with Crippen molar-refractivity contribution in [2.75, 3.05) is 19.0 Å². The molecule has 7 heteroatoms. The Morgan fingerprint density at radius 1 is 1.07 bits per heavy atom. The first-order valence-electron chi connectivity index (χ1n) is 8.89. The van der Waals surface area contributed by atoms with Crippen molar-refractivity contribution in [3.05, 3.63) is 60.4 Å². The van der Waals surface area contributed by atoms with E-state index in [4.69, 9.17) is 14.2 Å². The van der Waals surface area contributed by atoms with Crippen LogP contribution in [0.25, 0.3) is 0 Å². The van der Waals surface area contributed by atoms with Crippen molar-refractivity contribution in [2.24, 2.45) is 7.05 Å². The van der Waals surface area contributed by atoms with Gasteiger partial charge in [-0.05, 0) is 30.7 Å². The summed E-state index contributed by atoms with van der Waals surface area (Å²) in [7, 11) is 1.96. The highest BCUT2D eigenvalue weighted by Crippen LogP contribution is 2.35. The van der Waals surface area contributed by atoms with Gasteiger partial charge < -0.3 is 18.8 Å². The molecule has 1 aliphatic heterocycles. The molecule has 1 aliphatic rings. The molecule has 2 aromatic carbocycles. The molecule has 0 spiro atoms. The van der Waals surface area contributed by atoms with Crippen LogP contribution in [0.1, 0.15) is 18.3 Å². The molecule has 1 atom stereocenters. The molecule has 1 aromatic heterocycles. The number of hydrogen-bond donors (Lipinski definition) is 0. The molecule has 0 amide bonds. The zero-order valence-corrected chi connectivity index (χ0v) is 15.9. The van der Waals surface area contributed by atoms with Crippen LogP contribution in [0.4, 0.5) is 0 Å². The fourth-order valence-electron chi connectivity index (χ4n) is 2.81. The van der Waals surface area contributed by atoms with Gasteiger partial charge in [0.15, 0.2) is 28.6 Å². The normalized spacial score (nSPS) is 15.5. The van der Waals surface area contributed by atoms with Crippen LogP contribution in [0.15, 0.2) is 59.8 Å². The van der Waals surface area contributed by atoms with E-state index in [1.165, 1.54) is 0 Å². The quantitative estimate of drug-likeness (QED) is 0.456. The van der Waals surface area contributed by atoms with Crippen molar-refractivity contribution in [1.29, 1.82) is 0 Å². The number of hydrogen-bond acceptors (Lipinski definition) is 6. The summed E-state index contributed by atoms with van der Waals surface area (Å²) in [5.74, 6) is 4.09. The van der Waals surface area contributed by atoms with Crippen molar-refractivity contribution in [3.63, 3.8) is 0 Å². The van der Waals surface area contributed by atoms with Crippen LogP contribution in [-0.2, 0) is 7.05 Å². The van der Waals surface area contributed by atoms with Crippen LogP contribution in [0, 0.1) is 0 Å². The molecule has 0 saturated carbocycles. The van der Waals surface area contributed by atoms with Crippen LogP contribution in [-0.4, -0.2) is 33.7 Å². The van der Waals surface area contributed by atoms with Crippen molar-refractivity contribution in [1.82, 2.24) is 14.8 Å². The molecule has 0 N–H and O–H groups in total. The van der Waals surface area contributed by atoms with Crippen molar-refractivity contribution < 1.29 is 14.2 Å². The summed E-state index contributed by atoms with van der Waals surface area (Å²) in [5, 5.41) is 9.48. The van der Waals surface area contributed by atoms with Crippen LogP contribution in [0.2, 0.25) is 0 Å². The maximum absolute atomic E-state index is 6.03. The average Bonchev–Trinajstić information content (AvgIpc) is 3.08. The number of nitrogens with zero attached hydrogens (tertiary/aromatic N) is 3. The Labute approximate surface area is 162 Å². The van der Waals surface area contributed by atoms with E-state index in [9.17, 15) is 0 Å². The predicted octanol–water partition coefficient (Wildman–Crippen LogP) is 3.89. The number of aromatic nitrogens is 3. The second-order valence-corrected chi connectivity index (χ2v) is 7.19. The largest absolute Gasteiger partial charge is 0.494 e. The summed E-state index contributed by atoms with van der Waals surface area (Å²) >= 11 is 1.67. The third kappa shape index (κ3) is 4.19. The molecule has 0 bridgehead atoms. The fraction of sp³-hybridized carbons (Fsp3) is 0.300. The summed E-state index contributed by atoms with van der Waals surface area (Å²) in [6.07, 6.45) is 0.672. The van der Waals surface area contributed by atoms with Crippen molar-refractivity contribution in [3.8, 4) is 17.2 Å². The minimum Gasteiger partial charge on any atom is -0.494 e. The predicted molar refractivity (Wildman–Crippen MR) is 104 cm³/mol. The van der Waals surface area contributed by atoms with Gasteiger partial charge >= 0.3 is 0 Å². The molecule has 0 saturated heterocycles. The highest BCUT2D eigenvalue weighted by atomic mass is 32.2. The minimum absolute atomic E-state index is 0.256. The Bertz CT molecular complexity index is 885. The molecule has 0 fully saturated rings. The average molecular weight is 383 g/mol. The molecule has 3 aromatic rings. The fourth-order valence-corrected chi connectivity index (χ4v) is 3.64. The van der Waals surface area contributed by atoms with E-state index in [0.29, 0.717) is 13.2 Å². The molecular weight excluding hydrogens is 362 g/mol. The Morgan fingerprint density at radius 3 is 2.70 bits per heavy atom. The number of fused-ring (bicyclic) bond motifs is 1. The third-order valence-corrected chi connectivity index (χ3v) is 5.30. The molecular formula is C20H21N3O3S. The first-order chi connectivity index (χ1) is 13.3. The molecule has 0 aliphatic carbocycles. The lowest BCUT2D eigenvalue weighted by Crippen LogP contribution is -2.24. The summed E-state index contributed by atoms with van der Waals surface area (Å²) in [4.78, 5) is 0. The number of thioether (sulfide) groups is 1. The van der Waals surface area contributed by atoms with E-state index in [1.807, 2.05) is 66.2 Å². The Kier molecular flexibility index (Phi) is 5.48. The first kappa shape index (κ1) is 17.7. The van der Waals surface area contributed by atoms with Gasteiger partial charge in [-0.2, -0.15) is 0 Å². The van der Waals surface area contributed by atoms with Crippen LogP contribution < -0.4 is 14.2 Å². The van der Waals surface area contributed by atoms with Gasteiger partial charge in [-0.25, -0.2) is 0 Å². The molecule has 27 heavy (non-hydrogen) atoms. The third-order valence-electron chi connectivity index (χ3n) is 4.20. The first-order valence-corrected chi connectivity index (χ1v) is 9.88. The van der Waals surface area contributed by atoms with E-state index in [2.05, 4.69) is 10.2 Å². The van der Waals surface area contributed by atoms with Crippen molar-refractivity contribution in [2.45, 2.75) is 17.7 Å². The Balaban J connectivity index is 1.29. The van der Waals surface area contributed by atoms with E-state index < -0.39 is 0 Å². The molecule has 4 rings (SSSR count). The maximum atomic E-state index is 6.03. The lowest BCUT2D eigenvalue weighted by atomic mass is 10.2. The van der Waals surface area contributed by atoms with Gasteiger partial charge in [0.1, 0.15) is 12.4 Å². The van der Waals surface area contributed by atoms with E-state index >= 15 is 0 Å². The van der Waals surface area contributed by atoms with E-state index in [-0.39, 0.29) is 6.10 Å². The molecule has 6 nitrogen and oxygen atoms in total. The Hall–Kier alpha value is -2.67. The lowest BCUT2D eigenvalue weighted by Gasteiger charge is -2.25. The van der Waals surface area contributed by atoms with Gasteiger partial charge in [0, 0.05) is 12.8 Å². The van der Waals surface area contributed by atoms with Gasteiger partial charge in [-0.1, -0.05) is 42.1 Å². The zero-order valence-electron chi connectivity index (χ0n) is 15.1. The van der Waals surface area contributed by atoms with Gasteiger partial charge in [0.2, 0.25) is 0 Å². The molecule has 140 valence electrons. The number of para-hydroxylation sites is 3. The summed E-state index contributed by atoms with van der Waals surface area (Å²) in [6, 6.07) is 17.5. The standard InChI is InChI=1S/C20H21N3O3S/c1-23-19(18-14-25-16-10-5-6-11-17(16)26-18)21-22-20(23)27-13-7-12-24-15-8-3-2-4-9-15/h2-6,8-11,18H,7,12-14H2,1H3. The molecule has 2 heterocycles. The summed E-state index contributed by atoms with van der Waals surface area (Å²) in [5.41, 5.74) is 0. The maximum Gasteiger partial charge on any atom is 0.192 e.